The van der Waals surface area contributed by atoms with E-state index >= 15 is 0 Å². The molecule has 0 bridgehead atoms. The first-order valence-corrected chi connectivity index (χ1v) is 5.76. The van der Waals surface area contributed by atoms with Gasteiger partial charge < -0.3 is 5.11 Å². The van der Waals surface area contributed by atoms with Crippen molar-refractivity contribution in [2.24, 2.45) is 0 Å². The van der Waals surface area contributed by atoms with Crippen LogP contribution >= 0.6 is 0 Å². The van der Waals surface area contributed by atoms with Crippen molar-refractivity contribution in [1.82, 2.24) is 9.78 Å². The largest absolute Gasteiger partial charge is 0.512 e. The van der Waals surface area contributed by atoms with Crippen LogP contribution < -0.4 is 0 Å². The molecule has 0 amide bonds. The summed E-state index contributed by atoms with van der Waals surface area (Å²) in [6.07, 6.45) is 2.86. The zero-order valence-corrected chi connectivity index (χ0v) is 10.3. The van der Waals surface area contributed by atoms with Crippen LogP contribution in [0.2, 0.25) is 0 Å². The van der Waals surface area contributed by atoms with Crippen LogP contribution in [0.25, 0.3) is 0 Å². The van der Waals surface area contributed by atoms with Crippen LogP contribution in [0.1, 0.15) is 17.8 Å². The second-order valence-corrected chi connectivity index (χ2v) is 4.26. The SMILES string of the molecule is Cc1cc(C(F)(F)F)nn1CCC(O)=C1C=CC=C1. The fraction of sp³-hybridized carbons (Fsp3) is 0.308. The number of aromatic nitrogens is 2. The predicted molar refractivity (Wildman–Crippen MR) is 64.5 cm³/mol. The molecule has 1 aromatic heterocycles. The van der Waals surface area contributed by atoms with Gasteiger partial charge in [0.15, 0.2) is 5.69 Å². The van der Waals surface area contributed by atoms with Crippen molar-refractivity contribution < 1.29 is 18.3 Å². The van der Waals surface area contributed by atoms with E-state index in [-0.39, 0.29) is 18.7 Å². The Morgan fingerprint density at radius 2 is 1.95 bits per heavy atom. The molecule has 0 aliphatic heterocycles. The molecular weight excluding hydrogens is 257 g/mol. The van der Waals surface area contributed by atoms with E-state index in [0.717, 1.165) is 6.07 Å². The minimum Gasteiger partial charge on any atom is -0.512 e. The Morgan fingerprint density at radius 1 is 1.32 bits per heavy atom. The molecule has 0 fully saturated rings. The van der Waals surface area contributed by atoms with Crippen LogP contribution in [0.5, 0.6) is 0 Å². The van der Waals surface area contributed by atoms with Crippen molar-refractivity contribution in [3.63, 3.8) is 0 Å². The molecule has 1 aliphatic rings. The summed E-state index contributed by atoms with van der Waals surface area (Å²) in [6, 6.07) is 1.000. The van der Waals surface area contributed by atoms with Crippen LogP contribution in [0.15, 0.2) is 41.7 Å². The molecule has 1 N–H and O–H groups in total. The summed E-state index contributed by atoms with van der Waals surface area (Å²) in [7, 11) is 0. The van der Waals surface area contributed by atoms with E-state index in [1.165, 1.54) is 4.68 Å². The highest BCUT2D eigenvalue weighted by Gasteiger charge is 2.34. The van der Waals surface area contributed by atoms with Crippen LogP contribution in [-0.4, -0.2) is 14.9 Å². The van der Waals surface area contributed by atoms with Crippen molar-refractivity contribution in [3.8, 4) is 0 Å². The molecule has 0 saturated carbocycles. The zero-order valence-electron chi connectivity index (χ0n) is 10.3. The summed E-state index contributed by atoms with van der Waals surface area (Å²) >= 11 is 0. The van der Waals surface area contributed by atoms with E-state index in [2.05, 4.69) is 5.10 Å². The number of aryl methyl sites for hydroxylation is 2. The van der Waals surface area contributed by atoms with Crippen molar-refractivity contribution in [2.45, 2.75) is 26.1 Å². The quantitative estimate of drug-likeness (QED) is 0.853. The molecule has 6 heteroatoms. The van der Waals surface area contributed by atoms with Crippen molar-refractivity contribution in [2.75, 3.05) is 0 Å². The number of aliphatic hydroxyl groups is 1. The molecule has 0 atom stereocenters. The molecule has 0 radical (unpaired) electrons. The van der Waals surface area contributed by atoms with Crippen molar-refractivity contribution >= 4 is 0 Å². The van der Waals surface area contributed by atoms with Gasteiger partial charge in [-0.1, -0.05) is 24.3 Å². The number of allylic oxidation sites excluding steroid dienone is 6. The number of hydrogen-bond acceptors (Lipinski definition) is 2. The minimum atomic E-state index is -4.44. The topological polar surface area (TPSA) is 38.0 Å². The molecule has 0 unspecified atom stereocenters. The van der Waals surface area contributed by atoms with Gasteiger partial charge in [-0.3, -0.25) is 4.68 Å². The lowest BCUT2D eigenvalue weighted by Crippen LogP contribution is -2.09. The van der Waals surface area contributed by atoms with Crippen molar-refractivity contribution in [3.05, 3.63) is 53.1 Å². The van der Waals surface area contributed by atoms with E-state index in [1.807, 2.05) is 0 Å². The fourth-order valence-corrected chi connectivity index (χ4v) is 1.80. The van der Waals surface area contributed by atoms with Gasteiger partial charge in [-0.05, 0) is 13.0 Å². The molecule has 1 aromatic rings. The molecule has 102 valence electrons. The Morgan fingerprint density at radius 3 is 2.47 bits per heavy atom. The first kappa shape index (κ1) is 13.5. The van der Waals surface area contributed by atoms with Gasteiger partial charge >= 0.3 is 6.18 Å². The number of rotatable bonds is 3. The maximum Gasteiger partial charge on any atom is 0.435 e. The lowest BCUT2D eigenvalue weighted by Gasteiger charge is -2.05. The van der Waals surface area contributed by atoms with Crippen molar-refractivity contribution in [1.29, 1.82) is 0 Å². The number of halogens is 3. The Labute approximate surface area is 108 Å². The zero-order chi connectivity index (χ0) is 14.0. The Balaban J connectivity index is 2.08. The van der Waals surface area contributed by atoms with E-state index in [1.54, 1.807) is 31.2 Å². The Bertz CT molecular complexity index is 551. The second kappa shape index (κ2) is 4.95. The molecule has 0 spiro atoms. The highest BCUT2D eigenvalue weighted by Crippen LogP contribution is 2.28. The molecular formula is C13H13F3N2O. The third kappa shape index (κ3) is 3.07. The summed E-state index contributed by atoms with van der Waals surface area (Å²) < 4.78 is 38.7. The Kier molecular flexibility index (Phi) is 3.50. The summed E-state index contributed by atoms with van der Waals surface area (Å²) in [6.45, 7) is 1.76. The molecule has 0 aromatic carbocycles. The maximum absolute atomic E-state index is 12.5. The highest BCUT2D eigenvalue weighted by atomic mass is 19.4. The predicted octanol–water partition coefficient (Wildman–Crippen LogP) is 3.54. The molecule has 0 saturated heterocycles. The summed E-state index contributed by atoms with van der Waals surface area (Å²) in [5.41, 5.74) is 0.196. The number of hydrogen-bond donors (Lipinski definition) is 1. The van der Waals surface area contributed by atoms with Crippen LogP contribution in [0.4, 0.5) is 13.2 Å². The second-order valence-electron chi connectivity index (χ2n) is 4.26. The monoisotopic (exact) mass is 270 g/mol. The van der Waals surface area contributed by atoms with Gasteiger partial charge in [-0.25, -0.2) is 0 Å². The third-order valence-electron chi connectivity index (χ3n) is 2.83. The first-order valence-electron chi connectivity index (χ1n) is 5.76. The summed E-state index contributed by atoms with van der Waals surface area (Å²) in [5, 5.41) is 13.3. The first-order chi connectivity index (χ1) is 8.88. The van der Waals surface area contributed by atoms with Gasteiger partial charge in [0.05, 0.1) is 0 Å². The van der Waals surface area contributed by atoms with Gasteiger partial charge in [-0.2, -0.15) is 18.3 Å². The summed E-state index contributed by atoms with van der Waals surface area (Å²) in [5.74, 6) is 0.147. The maximum atomic E-state index is 12.5. The van der Waals surface area contributed by atoms with Crippen LogP contribution in [0.3, 0.4) is 0 Å². The number of nitrogens with zero attached hydrogens (tertiary/aromatic N) is 2. The van der Waals surface area contributed by atoms with Gasteiger partial charge in [-0.15, -0.1) is 0 Å². The standard InChI is InChI=1S/C13H13F3N2O/c1-9-8-12(13(14,15)16)17-18(9)7-6-11(19)10-4-2-3-5-10/h2-5,8,19H,6-7H2,1H3. The van der Waals surface area contributed by atoms with Gasteiger partial charge in [0, 0.05) is 24.2 Å². The van der Waals surface area contributed by atoms with E-state index < -0.39 is 11.9 Å². The fourth-order valence-electron chi connectivity index (χ4n) is 1.80. The van der Waals surface area contributed by atoms with Crippen LogP contribution in [-0.2, 0) is 12.7 Å². The molecule has 1 heterocycles. The average Bonchev–Trinajstić information content (AvgIpc) is 2.94. The molecule has 2 rings (SSSR count). The number of alkyl halides is 3. The number of aliphatic hydroxyl groups excluding tert-OH is 1. The van der Waals surface area contributed by atoms with Gasteiger partial charge in [0.2, 0.25) is 0 Å². The van der Waals surface area contributed by atoms with E-state index in [4.69, 9.17) is 0 Å². The summed E-state index contributed by atoms with van der Waals surface area (Å²) in [4.78, 5) is 0. The van der Waals surface area contributed by atoms with Crippen LogP contribution in [0, 0.1) is 6.92 Å². The smallest absolute Gasteiger partial charge is 0.435 e. The normalized spacial score (nSPS) is 14.4. The lowest BCUT2D eigenvalue weighted by molar-refractivity contribution is -0.141. The van der Waals surface area contributed by atoms with Gasteiger partial charge in [0.1, 0.15) is 5.76 Å². The average molecular weight is 270 g/mol. The Hall–Kier alpha value is -1.98. The van der Waals surface area contributed by atoms with E-state index in [9.17, 15) is 18.3 Å². The minimum absolute atomic E-state index is 0.147. The molecule has 19 heavy (non-hydrogen) atoms. The van der Waals surface area contributed by atoms with E-state index in [0.29, 0.717) is 11.3 Å². The molecule has 3 nitrogen and oxygen atoms in total. The lowest BCUT2D eigenvalue weighted by atomic mass is 10.2. The highest BCUT2D eigenvalue weighted by molar-refractivity contribution is 5.41. The molecule has 1 aliphatic carbocycles. The third-order valence-corrected chi connectivity index (χ3v) is 2.83. The van der Waals surface area contributed by atoms with Gasteiger partial charge in [0.25, 0.3) is 0 Å².